The van der Waals surface area contributed by atoms with Crippen molar-refractivity contribution in [3.05, 3.63) is 70.1 Å². The smallest absolute Gasteiger partial charge is 0.341 e. The highest BCUT2D eigenvalue weighted by Gasteiger charge is 2.29. The number of benzene rings is 2. The number of fused-ring (bicyclic) bond motifs is 1. The average molecular weight is 590 g/mol. The molecule has 0 aliphatic carbocycles. The fraction of sp³-hybridized carbons (Fsp3) is 0.312. The fourth-order valence-corrected chi connectivity index (χ4v) is 5.81. The van der Waals surface area contributed by atoms with E-state index < -0.39 is 11.9 Å². The van der Waals surface area contributed by atoms with E-state index in [1.165, 1.54) is 0 Å². The molecule has 0 bridgehead atoms. The highest BCUT2D eigenvalue weighted by molar-refractivity contribution is 7.18. The molecule has 220 valence electrons. The van der Waals surface area contributed by atoms with E-state index in [-0.39, 0.29) is 22.6 Å². The Labute approximate surface area is 249 Å². The van der Waals surface area contributed by atoms with Gasteiger partial charge in [-0.25, -0.2) is 9.78 Å². The predicted molar refractivity (Wildman–Crippen MR) is 165 cm³/mol. The number of hydrogen-bond acceptors (Lipinski definition) is 8. The van der Waals surface area contributed by atoms with Crippen molar-refractivity contribution in [1.29, 1.82) is 0 Å². The summed E-state index contributed by atoms with van der Waals surface area (Å²) in [7, 11) is 3.12. The number of carbonyl (C=O) groups is 3. The van der Waals surface area contributed by atoms with Gasteiger partial charge in [-0.15, -0.1) is 11.3 Å². The molecule has 10 heteroatoms. The Balaban J connectivity index is 1.82. The quantitative estimate of drug-likeness (QED) is 0.208. The number of nitrogens with zero attached hydrogens (tertiary/aromatic N) is 2. The van der Waals surface area contributed by atoms with Crippen LogP contribution in [0.4, 0.5) is 5.00 Å². The van der Waals surface area contributed by atoms with Gasteiger partial charge >= 0.3 is 5.97 Å². The van der Waals surface area contributed by atoms with Gasteiger partial charge in [0.25, 0.3) is 11.8 Å². The minimum absolute atomic E-state index is 0.177. The maximum Gasteiger partial charge on any atom is 0.341 e. The number of hydrogen-bond donors (Lipinski definition) is 1. The molecule has 2 amide bonds. The third kappa shape index (κ3) is 6.08. The fourth-order valence-electron chi connectivity index (χ4n) is 4.66. The van der Waals surface area contributed by atoms with Gasteiger partial charge in [0.15, 0.2) is 11.5 Å². The lowest BCUT2D eigenvalue weighted by atomic mass is 10.0. The van der Waals surface area contributed by atoms with Crippen LogP contribution in [-0.4, -0.2) is 61.1 Å². The van der Waals surface area contributed by atoms with E-state index in [4.69, 9.17) is 19.2 Å². The van der Waals surface area contributed by atoms with Crippen LogP contribution in [0.5, 0.6) is 11.5 Å². The molecule has 0 aliphatic heterocycles. The Morgan fingerprint density at radius 1 is 0.976 bits per heavy atom. The number of rotatable bonds is 10. The number of thiophene rings is 1. The van der Waals surface area contributed by atoms with Crippen LogP contribution >= 0.6 is 11.3 Å². The molecular formula is C32H35N3O6S. The molecular weight excluding hydrogens is 554 g/mol. The summed E-state index contributed by atoms with van der Waals surface area (Å²) in [5.41, 5.74) is 2.91. The van der Waals surface area contributed by atoms with E-state index in [0.29, 0.717) is 57.2 Å². The highest BCUT2D eigenvalue weighted by atomic mass is 32.1. The minimum atomic E-state index is -0.599. The van der Waals surface area contributed by atoms with E-state index in [1.807, 2.05) is 44.2 Å². The number of esters is 1. The van der Waals surface area contributed by atoms with Crippen LogP contribution in [0.25, 0.3) is 22.2 Å². The number of nitrogens with one attached hydrogen (secondary N) is 1. The largest absolute Gasteiger partial charge is 0.493 e. The van der Waals surface area contributed by atoms with Crippen LogP contribution in [0.3, 0.4) is 0 Å². The Morgan fingerprint density at radius 3 is 2.31 bits per heavy atom. The van der Waals surface area contributed by atoms with Crippen LogP contribution in [0, 0.1) is 6.92 Å². The van der Waals surface area contributed by atoms with Crippen molar-refractivity contribution in [3.63, 3.8) is 0 Å². The van der Waals surface area contributed by atoms with Gasteiger partial charge in [0.2, 0.25) is 0 Å². The first kappa shape index (κ1) is 30.5. The van der Waals surface area contributed by atoms with Gasteiger partial charge in [-0.3, -0.25) is 9.59 Å². The Morgan fingerprint density at radius 2 is 1.67 bits per heavy atom. The van der Waals surface area contributed by atoms with Crippen LogP contribution in [0.1, 0.15) is 63.6 Å². The van der Waals surface area contributed by atoms with Gasteiger partial charge in [-0.05, 0) is 70.5 Å². The van der Waals surface area contributed by atoms with E-state index in [9.17, 15) is 14.4 Å². The van der Waals surface area contributed by atoms with Crippen molar-refractivity contribution in [2.75, 3.05) is 32.6 Å². The first-order valence-electron chi connectivity index (χ1n) is 13.7. The summed E-state index contributed by atoms with van der Waals surface area (Å²) in [4.78, 5) is 47.3. The molecule has 2 heterocycles. The Hall–Kier alpha value is -4.44. The summed E-state index contributed by atoms with van der Waals surface area (Å²) in [6.45, 7) is 10.0. The van der Waals surface area contributed by atoms with Crippen molar-refractivity contribution < 1.29 is 28.6 Å². The second kappa shape index (κ2) is 13.0. The lowest BCUT2D eigenvalue weighted by molar-refractivity contribution is 0.0379. The van der Waals surface area contributed by atoms with Crippen LogP contribution < -0.4 is 14.8 Å². The number of amides is 2. The van der Waals surface area contributed by atoms with Crippen molar-refractivity contribution in [3.8, 4) is 22.8 Å². The molecule has 0 saturated heterocycles. The van der Waals surface area contributed by atoms with Gasteiger partial charge in [0.1, 0.15) is 5.00 Å². The maximum atomic E-state index is 13.9. The molecule has 4 aromatic rings. The summed E-state index contributed by atoms with van der Waals surface area (Å²) in [6.07, 6.45) is -0.379. The Bertz CT molecular complexity index is 1640. The molecule has 0 unspecified atom stereocenters. The van der Waals surface area contributed by atoms with E-state index in [1.54, 1.807) is 58.1 Å². The van der Waals surface area contributed by atoms with Crippen molar-refractivity contribution in [1.82, 2.24) is 9.88 Å². The van der Waals surface area contributed by atoms with Gasteiger partial charge in [0.05, 0.1) is 47.5 Å². The molecule has 0 fully saturated rings. The normalized spacial score (nSPS) is 11.0. The lowest BCUT2D eigenvalue weighted by Crippen LogP contribution is -2.30. The highest BCUT2D eigenvalue weighted by Crippen LogP contribution is 2.37. The summed E-state index contributed by atoms with van der Waals surface area (Å²) < 4.78 is 16.3. The minimum Gasteiger partial charge on any atom is -0.493 e. The van der Waals surface area contributed by atoms with E-state index >= 15 is 0 Å². The predicted octanol–water partition coefficient (Wildman–Crippen LogP) is 6.59. The van der Waals surface area contributed by atoms with Gasteiger partial charge in [-0.2, -0.15) is 0 Å². The zero-order valence-corrected chi connectivity index (χ0v) is 25.7. The van der Waals surface area contributed by atoms with Gasteiger partial charge in [0, 0.05) is 24.0 Å². The third-order valence-corrected chi connectivity index (χ3v) is 8.00. The summed E-state index contributed by atoms with van der Waals surface area (Å²) in [5, 5.41) is 3.81. The Kier molecular flexibility index (Phi) is 9.47. The van der Waals surface area contributed by atoms with E-state index in [2.05, 4.69) is 5.32 Å². The SMILES string of the molecule is CCN(CC)C(=O)c1sc(NC(=O)c2cc(-c3ccc(OC)c(OC)c3)nc3ccccc23)c(C(=O)OC(C)C)c1C. The summed E-state index contributed by atoms with van der Waals surface area (Å²) in [5.74, 6) is -0.144. The van der Waals surface area contributed by atoms with Crippen molar-refractivity contribution in [2.45, 2.75) is 40.7 Å². The number of aromatic nitrogens is 1. The van der Waals surface area contributed by atoms with Crippen molar-refractivity contribution >= 4 is 45.0 Å². The van der Waals surface area contributed by atoms with Crippen LogP contribution in [0.15, 0.2) is 48.5 Å². The number of pyridine rings is 1. The summed E-state index contributed by atoms with van der Waals surface area (Å²) >= 11 is 1.08. The monoisotopic (exact) mass is 589 g/mol. The van der Waals surface area contributed by atoms with E-state index in [0.717, 1.165) is 16.9 Å². The topological polar surface area (TPSA) is 107 Å². The molecule has 9 nitrogen and oxygen atoms in total. The third-order valence-electron chi connectivity index (χ3n) is 6.81. The molecule has 4 rings (SSSR count). The molecule has 2 aromatic heterocycles. The van der Waals surface area contributed by atoms with Gasteiger partial charge < -0.3 is 24.4 Å². The second-order valence-corrected chi connectivity index (χ2v) is 10.8. The first-order chi connectivity index (χ1) is 20.1. The molecule has 1 N–H and O–H groups in total. The average Bonchev–Trinajstić information content (AvgIpc) is 3.31. The van der Waals surface area contributed by atoms with Crippen LogP contribution in [-0.2, 0) is 4.74 Å². The lowest BCUT2D eigenvalue weighted by Gasteiger charge is -2.18. The number of ether oxygens (including phenoxy) is 3. The first-order valence-corrected chi connectivity index (χ1v) is 14.5. The number of para-hydroxylation sites is 1. The zero-order valence-electron chi connectivity index (χ0n) is 24.9. The standard InChI is InChI=1S/C32H35N3O6S/c1-8-35(9-2)31(37)28-19(5)27(32(38)41-18(3)4)30(42-28)34-29(36)22-17-24(33-23-13-11-10-12-21(22)23)20-14-15-25(39-6)26(16-20)40-7/h10-18H,8-9H2,1-7H3,(H,34,36). The number of carbonyl (C=O) groups excluding carboxylic acids is 3. The molecule has 0 radical (unpaired) electrons. The summed E-state index contributed by atoms with van der Waals surface area (Å²) in [6, 6.07) is 14.4. The number of anilines is 1. The second-order valence-electron chi connectivity index (χ2n) is 9.79. The molecule has 0 atom stereocenters. The zero-order chi connectivity index (χ0) is 30.6. The molecule has 0 spiro atoms. The van der Waals surface area contributed by atoms with Crippen LogP contribution in [0.2, 0.25) is 0 Å². The maximum absolute atomic E-state index is 13.9. The van der Waals surface area contributed by atoms with Gasteiger partial charge in [-0.1, -0.05) is 18.2 Å². The number of methoxy groups -OCH3 is 2. The molecule has 0 aliphatic rings. The molecule has 42 heavy (non-hydrogen) atoms. The molecule has 2 aromatic carbocycles. The molecule has 0 saturated carbocycles. The van der Waals surface area contributed by atoms with Crippen molar-refractivity contribution in [2.24, 2.45) is 0 Å².